The molecule has 0 saturated carbocycles. The van der Waals surface area contributed by atoms with Gasteiger partial charge in [0.1, 0.15) is 0 Å². The van der Waals surface area contributed by atoms with Crippen LogP contribution in [0.3, 0.4) is 0 Å². The van der Waals surface area contributed by atoms with Crippen LogP contribution in [0.5, 0.6) is 0 Å². The third-order valence-corrected chi connectivity index (χ3v) is 1.72. The Morgan fingerprint density at radius 1 is 1.00 bits per heavy atom. The van der Waals surface area contributed by atoms with Gasteiger partial charge in [0.05, 0.1) is 0 Å². The van der Waals surface area contributed by atoms with Crippen LogP contribution in [-0.2, 0) is 0 Å². The average molecular weight is 174 g/mol. The number of hydrogen-bond donors (Lipinski definition) is 0. The van der Waals surface area contributed by atoms with E-state index in [1.54, 1.807) is 0 Å². The van der Waals surface area contributed by atoms with Crippen molar-refractivity contribution in [2.45, 2.75) is 20.8 Å². The molecule has 0 N–H and O–H groups in total. The summed E-state index contributed by atoms with van der Waals surface area (Å²) in [5.41, 5.74) is 3.39. The normalized spacial score (nSPS) is 13.5. The van der Waals surface area contributed by atoms with E-state index in [2.05, 4.69) is 25.3 Å². The Hall–Kier alpha value is -1.30. The van der Waals surface area contributed by atoms with E-state index in [0.717, 1.165) is 11.1 Å². The van der Waals surface area contributed by atoms with Crippen LogP contribution in [0, 0.1) is 0 Å². The van der Waals surface area contributed by atoms with Gasteiger partial charge in [-0.05, 0) is 31.9 Å². The van der Waals surface area contributed by atoms with Crippen molar-refractivity contribution < 1.29 is 0 Å². The van der Waals surface area contributed by atoms with Crippen LogP contribution in [0.2, 0.25) is 0 Å². The number of allylic oxidation sites excluding steroid dienone is 8. The predicted octanol–water partition coefficient (Wildman–Crippen LogP) is 4.20. The van der Waals surface area contributed by atoms with Crippen LogP contribution in [0.1, 0.15) is 20.8 Å². The van der Waals surface area contributed by atoms with Gasteiger partial charge in [0, 0.05) is 0 Å². The number of hydrogen-bond acceptors (Lipinski definition) is 0. The molecule has 0 aliphatic carbocycles. The Kier molecular flexibility index (Phi) is 5.62. The summed E-state index contributed by atoms with van der Waals surface area (Å²) >= 11 is 0. The lowest BCUT2D eigenvalue weighted by molar-refractivity contribution is 1.45. The molecule has 0 bridgehead atoms. The molecular formula is C13H18. The second-order valence-corrected chi connectivity index (χ2v) is 2.87. The van der Waals surface area contributed by atoms with E-state index < -0.39 is 0 Å². The lowest BCUT2D eigenvalue weighted by Gasteiger charge is -2.01. The molecule has 0 fully saturated rings. The lowest BCUT2D eigenvalue weighted by atomic mass is 10.0. The first-order valence-corrected chi connectivity index (χ1v) is 4.44. The molecule has 0 aromatic heterocycles. The minimum absolute atomic E-state index is 1.05. The molecule has 0 amide bonds. The fourth-order valence-corrected chi connectivity index (χ4v) is 0.994. The first-order chi connectivity index (χ1) is 6.15. The minimum Gasteiger partial charge on any atom is -0.0985 e. The van der Waals surface area contributed by atoms with Crippen molar-refractivity contribution in [1.29, 1.82) is 0 Å². The van der Waals surface area contributed by atoms with Gasteiger partial charge in [-0.3, -0.25) is 0 Å². The molecular weight excluding hydrogens is 156 g/mol. The third kappa shape index (κ3) is 4.32. The zero-order valence-corrected chi connectivity index (χ0v) is 8.80. The second-order valence-electron chi connectivity index (χ2n) is 2.87. The van der Waals surface area contributed by atoms with Gasteiger partial charge in [-0.15, -0.1) is 0 Å². The van der Waals surface area contributed by atoms with Gasteiger partial charge in [0.25, 0.3) is 0 Å². The van der Waals surface area contributed by atoms with Gasteiger partial charge in [-0.1, -0.05) is 49.1 Å². The highest BCUT2D eigenvalue weighted by Gasteiger charge is 1.93. The molecule has 70 valence electrons. The van der Waals surface area contributed by atoms with E-state index in [4.69, 9.17) is 0 Å². The maximum Gasteiger partial charge on any atom is -0.0230 e. The highest BCUT2D eigenvalue weighted by Crippen LogP contribution is 2.13. The summed E-state index contributed by atoms with van der Waals surface area (Å²) in [6.07, 6.45) is 10.0. The molecule has 0 rings (SSSR count). The van der Waals surface area contributed by atoms with Gasteiger partial charge in [0.15, 0.2) is 0 Å². The smallest absolute Gasteiger partial charge is 0.0230 e. The molecule has 0 heterocycles. The monoisotopic (exact) mass is 174 g/mol. The van der Waals surface area contributed by atoms with Crippen LogP contribution in [0.15, 0.2) is 60.3 Å². The van der Waals surface area contributed by atoms with Crippen LogP contribution in [0.25, 0.3) is 0 Å². The van der Waals surface area contributed by atoms with Crippen LogP contribution in [-0.4, -0.2) is 0 Å². The highest BCUT2D eigenvalue weighted by atomic mass is 14.0. The average Bonchev–Trinajstić information content (AvgIpc) is 2.11. The Bertz CT molecular complexity index is 272. The summed E-state index contributed by atoms with van der Waals surface area (Å²) in [7, 11) is 0. The summed E-state index contributed by atoms with van der Waals surface area (Å²) < 4.78 is 0. The highest BCUT2D eigenvalue weighted by molar-refractivity contribution is 5.46. The fraction of sp³-hybridized carbons (Fsp3) is 0.231. The summed E-state index contributed by atoms with van der Waals surface area (Å²) in [4.78, 5) is 0. The molecule has 0 unspecified atom stereocenters. The maximum atomic E-state index is 3.81. The SMILES string of the molecule is C=CC(=C\C)/C(/C=C\C(=C)C)=C/C. The minimum atomic E-state index is 1.05. The Morgan fingerprint density at radius 2 is 1.54 bits per heavy atom. The number of rotatable bonds is 4. The van der Waals surface area contributed by atoms with Crippen LogP contribution in [0.4, 0.5) is 0 Å². The summed E-state index contributed by atoms with van der Waals surface area (Å²) in [5.74, 6) is 0. The largest absolute Gasteiger partial charge is 0.0985 e. The molecule has 0 aliphatic rings. The lowest BCUT2D eigenvalue weighted by Crippen LogP contribution is -1.81. The fourth-order valence-electron chi connectivity index (χ4n) is 0.994. The molecule has 13 heavy (non-hydrogen) atoms. The summed E-state index contributed by atoms with van der Waals surface area (Å²) in [6.45, 7) is 13.6. The quantitative estimate of drug-likeness (QED) is 0.560. The van der Waals surface area contributed by atoms with Crippen molar-refractivity contribution in [3.05, 3.63) is 60.3 Å². The van der Waals surface area contributed by atoms with Gasteiger partial charge in [0.2, 0.25) is 0 Å². The Balaban J connectivity index is 4.74. The molecule has 0 aromatic carbocycles. The first kappa shape index (κ1) is 11.7. The zero-order chi connectivity index (χ0) is 10.3. The molecule has 0 heteroatoms. The van der Waals surface area contributed by atoms with Crippen molar-refractivity contribution in [3.63, 3.8) is 0 Å². The van der Waals surface area contributed by atoms with E-state index in [9.17, 15) is 0 Å². The Labute approximate surface area is 81.7 Å². The van der Waals surface area contributed by atoms with Crippen LogP contribution >= 0.6 is 0 Å². The maximum absolute atomic E-state index is 3.81. The van der Waals surface area contributed by atoms with Gasteiger partial charge < -0.3 is 0 Å². The first-order valence-electron chi connectivity index (χ1n) is 4.44. The van der Waals surface area contributed by atoms with Gasteiger partial charge in [-0.25, -0.2) is 0 Å². The van der Waals surface area contributed by atoms with E-state index in [0.29, 0.717) is 0 Å². The molecule has 0 spiro atoms. The van der Waals surface area contributed by atoms with Crippen molar-refractivity contribution >= 4 is 0 Å². The van der Waals surface area contributed by atoms with E-state index in [1.807, 2.05) is 39.0 Å². The van der Waals surface area contributed by atoms with Crippen molar-refractivity contribution in [2.75, 3.05) is 0 Å². The third-order valence-electron chi connectivity index (χ3n) is 1.72. The molecule has 0 aromatic rings. The summed E-state index contributed by atoms with van der Waals surface area (Å²) in [6, 6.07) is 0. The molecule has 0 atom stereocenters. The van der Waals surface area contributed by atoms with Crippen molar-refractivity contribution in [1.82, 2.24) is 0 Å². The summed E-state index contributed by atoms with van der Waals surface area (Å²) in [5, 5.41) is 0. The topological polar surface area (TPSA) is 0 Å². The van der Waals surface area contributed by atoms with Gasteiger partial charge >= 0.3 is 0 Å². The molecule has 0 nitrogen and oxygen atoms in total. The predicted molar refractivity (Wildman–Crippen MR) is 61.7 cm³/mol. The molecule has 0 saturated heterocycles. The van der Waals surface area contributed by atoms with E-state index >= 15 is 0 Å². The van der Waals surface area contributed by atoms with Crippen molar-refractivity contribution in [2.24, 2.45) is 0 Å². The molecule has 0 radical (unpaired) electrons. The van der Waals surface area contributed by atoms with Crippen molar-refractivity contribution in [3.8, 4) is 0 Å². The second kappa shape index (κ2) is 6.24. The van der Waals surface area contributed by atoms with Gasteiger partial charge in [-0.2, -0.15) is 0 Å². The van der Waals surface area contributed by atoms with E-state index in [-0.39, 0.29) is 0 Å². The van der Waals surface area contributed by atoms with E-state index in [1.165, 1.54) is 5.57 Å². The van der Waals surface area contributed by atoms with Crippen LogP contribution < -0.4 is 0 Å². The standard InChI is InChI=1S/C13H18/c1-6-12(7-2)13(8-3)10-9-11(4)5/h6-10H,1,4H2,2-3,5H3/b10-9-,12-7+,13-8+. The molecule has 0 aliphatic heterocycles. The zero-order valence-electron chi connectivity index (χ0n) is 8.80. The Morgan fingerprint density at radius 3 is 1.85 bits per heavy atom.